The molecule has 0 saturated carbocycles. The average molecular weight is 367 g/mol. The molecule has 0 fully saturated rings. The maximum atomic E-state index is 11.6. The lowest BCUT2D eigenvalue weighted by Gasteiger charge is -2.16. The quantitative estimate of drug-likeness (QED) is 0.421. The first-order chi connectivity index (χ1) is 12.3. The highest BCUT2D eigenvalue weighted by Crippen LogP contribution is 2.17. The van der Waals surface area contributed by atoms with E-state index < -0.39 is 18.4 Å². The molecule has 1 aromatic rings. The summed E-state index contributed by atoms with van der Waals surface area (Å²) >= 11 is 0. The molecule has 1 unspecified atom stereocenters. The van der Waals surface area contributed by atoms with Crippen molar-refractivity contribution in [1.29, 1.82) is 0 Å². The van der Waals surface area contributed by atoms with Crippen LogP contribution >= 0.6 is 0 Å². The molecule has 0 aromatic heterocycles. The number of alkyl carbamates (subject to hydrolysis) is 1. The van der Waals surface area contributed by atoms with E-state index in [1.165, 1.54) is 13.3 Å². The highest BCUT2D eigenvalue weighted by atomic mass is 16.7. The van der Waals surface area contributed by atoms with Crippen LogP contribution in [0.1, 0.15) is 53.5 Å². The minimum absolute atomic E-state index is 0.267. The highest BCUT2D eigenvalue weighted by Gasteiger charge is 2.16. The van der Waals surface area contributed by atoms with Crippen LogP contribution in [0.5, 0.6) is 5.75 Å². The van der Waals surface area contributed by atoms with Crippen LogP contribution in [0.25, 0.3) is 0 Å². The Hall–Kier alpha value is -2.24. The van der Waals surface area contributed by atoms with Gasteiger partial charge < -0.3 is 19.5 Å². The number of carbonyl (C=O) groups is 2. The van der Waals surface area contributed by atoms with E-state index in [4.69, 9.17) is 14.2 Å². The molecule has 1 atom stereocenters. The number of hydrogen-bond donors (Lipinski definition) is 1. The zero-order valence-electron chi connectivity index (χ0n) is 16.8. The SMILES string of the molecule is CCC.CCc1ccccc1OCCNC(=O)OC(C)OC(=O)C(C)C. The molecule has 1 rings (SSSR count). The smallest absolute Gasteiger partial charge is 0.410 e. The molecular weight excluding hydrogens is 334 g/mol. The van der Waals surface area contributed by atoms with Gasteiger partial charge in [0.25, 0.3) is 0 Å². The normalized spacial score (nSPS) is 11.0. The fourth-order valence-electron chi connectivity index (χ4n) is 1.77. The Morgan fingerprint density at radius 1 is 1.04 bits per heavy atom. The number of benzene rings is 1. The minimum Gasteiger partial charge on any atom is -0.491 e. The van der Waals surface area contributed by atoms with Crippen molar-refractivity contribution in [3.05, 3.63) is 29.8 Å². The van der Waals surface area contributed by atoms with Crippen LogP contribution in [-0.2, 0) is 20.7 Å². The third kappa shape index (κ3) is 10.6. The average Bonchev–Trinajstić information content (AvgIpc) is 2.59. The first kappa shape index (κ1) is 23.8. The second kappa shape index (κ2) is 14.0. The van der Waals surface area contributed by atoms with Gasteiger partial charge in [-0.25, -0.2) is 4.79 Å². The fraction of sp³-hybridized carbons (Fsp3) is 0.600. The Morgan fingerprint density at radius 3 is 2.23 bits per heavy atom. The van der Waals surface area contributed by atoms with Gasteiger partial charge >= 0.3 is 12.1 Å². The molecule has 0 bridgehead atoms. The molecule has 1 N–H and O–H groups in total. The van der Waals surface area contributed by atoms with Crippen molar-refractivity contribution >= 4 is 12.1 Å². The Kier molecular flexibility index (Phi) is 12.8. The number of amides is 1. The maximum absolute atomic E-state index is 11.6. The van der Waals surface area contributed by atoms with Gasteiger partial charge in [0.15, 0.2) is 0 Å². The van der Waals surface area contributed by atoms with E-state index in [1.54, 1.807) is 13.8 Å². The number of hydrogen-bond acceptors (Lipinski definition) is 5. The van der Waals surface area contributed by atoms with Crippen LogP contribution in [0.2, 0.25) is 0 Å². The monoisotopic (exact) mass is 367 g/mol. The van der Waals surface area contributed by atoms with Crippen LogP contribution in [0.3, 0.4) is 0 Å². The Labute approximate surface area is 157 Å². The van der Waals surface area contributed by atoms with E-state index in [-0.39, 0.29) is 5.92 Å². The number of esters is 1. The van der Waals surface area contributed by atoms with Gasteiger partial charge in [-0.15, -0.1) is 0 Å². The number of carbonyl (C=O) groups excluding carboxylic acids is 2. The molecule has 0 aliphatic heterocycles. The molecule has 0 saturated heterocycles. The molecule has 6 nitrogen and oxygen atoms in total. The van der Waals surface area contributed by atoms with Gasteiger partial charge in [-0.1, -0.05) is 59.2 Å². The zero-order chi connectivity index (χ0) is 19.9. The fourth-order valence-corrected chi connectivity index (χ4v) is 1.77. The first-order valence-corrected chi connectivity index (χ1v) is 9.21. The second-order valence-electron chi connectivity index (χ2n) is 6.01. The summed E-state index contributed by atoms with van der Waals surface area (Å²) in [6, 6.07) is 7.76. The minimum atomic E-state index is -0.924. The number of para-hydroxylation sites is 1. The largest absolute Gasteiger partial charge is 0.491 e. The van der Waals surface area contributed by atoms with Crippen LogP contribution in [-0.4, -0.2) is 31.5 Å². The van der Waals surface area contributed by atoms with Crippen molar-refractivity contribution in [1.82, 2.24) is 5.32 Å². The van der Waals surface area contributed by atoms with Gasteiger partial charge in [0, 0.05) is 6.92 Å². The van der Waals surface area contributed by atoms with E-state index in [9.17, 15) is 9.59 Å². The van der Waals surface area contributed by atoms with Crippen molar-refractivity contribution in [2.45, 2.75) is 60.7 Å². The third-order valence-electron chi connectivity index (χ3n) is 3.01. The summed E-state index contributed by atoms with van der Waals surface area (Å²) in [5.74, 6) is 0.130. The molecule has 1 amide bonds. The number of aryl methyl sites for hydroxylation is 1. The van der Waals surface area contributed by atoms with E-state index in [1.807, 2.05) is 24.3 Å². The summed E-state index contributed by atoms with van der Waals surface area (Å²) in [5, 5.41) is 2.55. The van der Waals surface area contributed by atoms with Crippen molar-refractivity contribution < 1.29 is 23.8 Å². The second-order valence-corrected chi connectivity index (χ2v) is 6.01. The summed E-state index contributed by atoms with van der Waals surface area (Å²) in [6.45, 7) is 11.8. The topological polar surface area (TPSA) is 73.9 Å². The molecule has 6 heteroatoms. The van der Waals surface area contributed by atoms with Gasteiger partial charge in [-0.2, -0.15) is 0 Å². The van der Waals surface area contributed by atoms with E-state index in [2.05, 4.69) is 26.1 Å². The number of nitrogens with one attached hydrogen (secondary N) is 1. The molecule has 0 heterocycles. The van der Waals surface area contributed by atoms with E-state index in [0.29, 0.717) is 13.2 Å². The van der Waals surface area contributed by atoms with Gasteiger partial charge in [0.1, 0.15) is 12.4 Å². The Balaban J connectivity index is 0.00000194. The molecule has 0 aliphatic carbocycles. The van der Waals surface area contributed by atoms with Gasteiger partial charge in [0.05, 0.1) is 12.5 Å². The Bertz CT molecular complexity index is 531. The zero-order valence-corrected chi connectivity index (χ0v) is 16.8. The van der Waals surface area contributed by atoms with Crippen LogP contribution < -0.4 is 10.1 Å². The molecule has 0 radical (unpaired) electrons. The molecule has 0 aliphatic rings. The summed E-state index contributed by atoms with van der Waals surface area (Å²) < 4.78 is 15.5. The summed E-state index contributed by atoms with van der Waals surface area (Å²) in [4.78, 5) is 22.9. The predicted octanol–water partition coefficient (Wildman–Crippen LogP) is 4.32. The van der Waals surface area contributed by atoms with Crippen molar-refractivity contribution in [2.24, 2.45) is 5.92 Å². The molecule has 0 spiro atoms. The first-order valence-electron chi connectivity index (χ1n) is 9.21. The van der Waals surface area contributed by atoms with Gasteiger partial charge in [-0.05, 0) is 18.1 Å². The lowest BCUT2D eigenvalue weighted by Crippen LogP contribution is -2.33. The van der Waals surface area contributed by atoms with Crippen LogP contribution in [0, 0.1) is 5.92 Å². The maximum Gasteiger partial charge on any atom is 0.410 e. The van der Waals surface area contributed by atoms with Gasteiger partial charge in [0.2, 0.25) is 6.29 Å². The van der Waals surface area contributed by atoms with Crippen molar-refractivity contribution in [3.63, 3.8) is 0 Å². The summed E-state index contributed by atoms with van der Waals surface area (Å²) in [7, 11) is 0. The lowest BCUT2D eigenvalue weighted by atomic mass is 10.1. The van der Waals surface area contributed by atoms with Crippen molar-refractivity contribution in [2.75, 3.05) is 13.2 Å². The molecule has 26 heavy (non-hydrogen) atoms. The predicted molar refractivity (Wildman–Crippen MR) is 102 cm³/mol. The molecule has 1 aromatic carbocycles. The standard InChI is InChI=1S/C17H25NO5.C3H8/c1-5-14-8-6-7-9-15(14)21-11-10-18-17(20)23-13(4)22-16(19)12(2)3;1-3-2/h6-9,12-13H,5,10-11H2,1-4H3,(H,18,20);3H2,1-2H3. The van der Waals surface area contributed by atoms with Crippen LogP contribution in [0.15, 0.2) is 24.3 Å². The van der Waals surface area contributed by atoms with E-state index >= 15 is 0 Å². The summed E-state index contributed by atoms with van der Waals surface area (Å²) in [5.41, 5.74) is 1.12. The van der Waals surface area contributed by atoms with E-state index in [0.717, 1.165) is 17.7 Å². The lowest BCUT2D eigenvalue weighted by molar-refractivity contribution is -0.168. The Morgan fingerprint density at radius 2 is 1.65 bits per heavy atom. The van der Waals surface area contributed by atoms with Crippen molar-refractivity contribution in [3.8, 4) is 5.75 Å². The molecule has 148 valence electrons. The highest BCUT2D eigenvalue weighted by molar-refractivity contribution is 5.72. The van der Waals surface area contributed by atoms with Crippen LogP contribution in [0.4, 0.5) is 4.79 Å². The molecular formula is C20H33NO5. The number of ether oxygens (including phenoxy) is 3. The van der Waals surface area contributed by atoms with Gasteiger partial charge in [-0.3, -0.25) is 4.79 Å². The summed E-state index contributed by atoms with van der Waals surface area (Å²) in [6.07, 6.45) is 0.553. The third-order valence-corrected chi connectivity index (χ3v) is 3.01. The number of rotatable bonds is 8.